The maximum atomic E-state index is 12.8. The molecule has 0 N–H and O–H groups in total. The van der Waals surface area contributed by atoms with Crippen molar-refractivity contribution in [3.63, 3.8) is 0 Å². The molecule has 8 heteroatoms. The normalized spacial score (nSPS) is 19.3. The summed E-state index contributed by atoms with van der Waals surface area (Å²) in [4.78, 5) is 25.3. The molecule has 1 unspecified atom stereocenters. The van der Waals surface area contributed by atoms with E-state index in [9.17, 15) is 22.8 Å². The van der Waals surface area contributed by atoms with E-state index in [1.54, 1.807) is 24.3 Å². The first-order valence-electron chi connectivity index (χ1n) is 7.29. The second-order valence-corrected chi connectivity index (χ2v) is 6.64. The minimum Gasteiger partial charge on any atom is -0.341 e. The van der Waals surface area contributed by atoms with E-state index in [-0.39, 0.29) is 24.4 Å². The summed E-state index contributed by atoms with van der Waals surface area (Å²) < 4.78 is 40.6. The number of piperidine rings is 1. The first-order chi connectivity index (χ1) is 10.9. The zero-order valence-electron chi connectivity index (χ0n) is 12.2. The number of hydrogen-bond donors (Lipinski definition) is 0. The van der Waals surface area contributed by atoms with Crippen LogP contribution < -0.4 is 4.87 Å². The third kappa shape index (κ3) is 3.26. The van der Waals surface area contributed by atoms with Crippen LogP contribution in [0.4, 0.5) is 13.2 Å². The number of nitrogens with zero attached hydrogens (tertiary/aromatic N) is 2. The van der Waals surface area contributed by atoms with Crippen LogP contribution in [0.1, 0.15) is 12.8 Å². The van der Waals surface area contributed by atoms with Crippen LogP contribution in [0.3, 0.4) is 0 Å². The lowest BCUT2D eigenvalue weighted by molar-refractivity contribution is -0.188. The van der Waals surface area contributed by atoms with Crippen molar-refractivity contribution in [3.8, 4) is 0 Å². The minimum atomic E-state index is -4.29. The number of carbonyl (C=O) groups is 1. The van der Waals surface area contributed by atoms with E-state index in [4.69, 9.17) is 0 Å². The van der Waals surface area contributed by atoms with Gasteiger partial charge in [0.05, 0.1) is 16.1 Å². The molecule has 1 atom stereocenters. The van der Waals surface area contributed by atoms with Crippen molar-refractivity contribution in [1.82, 2.24) is 9.47 Å². The minimum absolute atomic E-state index is 0.0502. The third-order valence-corrected chi connectivity index (χ3v) is 5.06. The highest BCUT2D eigenvalue weighted by Gasteiger charge is 2.42. The molecule has 1 fully saturated rings. The molecule has 1 aromatic carbocycles. The lowest BCUT2D eigenvalue weighted by Gasteiger charge is -2.33. The van der Waals surface area contributed by atoms with Crippen molar-refractivity contribution in [1.29, 1.82) is 0 Å². The van der Waals surface area contributed by atoms with Gasteiger partial charge < -0.3 is 4.90 Å². The summed E-state index contributed by atoms with van der Waals surface area (Å²) in [6.07, 6.45) is -3.91. The molecule has 23 heavy (non-hydrogen) atoms. The summed E-state index contributed by atoms with van der Waals surface area (Å²) >= 11 is 1.03. The Hall–Kier alpha value is -1.83. The van der Waals surface area contributed by atoms with Crippen LogP contribution in [0.5, 0.6) is 0 Å². The number of hydrogen-bond acceptors (Lipinski definition) is 3. The Balaban J connectivity index is 1.78. The summed E-state index contributed by atoms with van der Waals surface area (Å²) in [5.74, 6) is -1.92. The lowest BCUT2D eigenvalue weighted by Crippen LogP contribution is -2.46. The van der Waals surface area contributed by atoms with E-state index in [2.05, 4.69) is 0 Å². The maximum absolute atomic E-state index is 12.8. The quantitative estimate of drug-likeness (QED) is 0.841. The molecule has 1 saturated heterocycles. The molecular formula is C15H15F3N2O2S. The summed E-state index contributed by atoms with van der Waals surface area (Å²) in [5, 5.41) is 0. The summed E-state index contributed by atoms with van der Waals surface area (Å²) in [6, 6.07) is 7.07. The van der Waals surface area contributed by atoms with E-state index in [0.29, 0.717) is 18.5 Å². The van der Waals surface area contributed by atoms with Gasteiger partial charge in [-0.2, -0.15) is 13.2 Å². The highest BCUT2D eigenvalue weighted by molar-refractivity contribution is 7.16. The summed E-state index contributed by atoms with van der Waals surface area (Å²) in [7, 11) is 0. The molecule has 0 radical (unpaired) electrons. The lowest BCUT2D eigenvalue weighted by atomic mass is 9.97. The second-order valence-electron chi connectivity index (χ2n) is 5.64. The van der Waals surface area contributed by atoms with Gasteiger partial charge >= 0.3 is 11.0 Å². The number of likely N-dealkylation sites (tertiary alicyclic amines) is 1. The van der Waals surface area contributed by atoms with Crippen molar-refractivity contribution < 1.29 is 18.0 Å². The van der Waals surface area contributed by atoms with Gasteiger partial charge in [0.25, 0.3) is 0 Å². The van der Waals surface area contributed by atoms with Crippen LogP contribution in [0.2, 0.25) is 0 Å². The number of rotatable bonds is 2. The van der Waals surface area contributed by atoms with Crippen LogP contribution >= 0.6 is 11.3 Å². The SMILES string of the molecule is O=C(Cn1c(=O)sc2ccccc21)N1CCCC(C(F)(F)F)C1. The fraction of sp³-hybridized carbons (Fsp3) is 0.467. The standard InChI is InChI=1S/C15H15F3N2O2S/c16-15(17,18)10-4-3-7-19(8-10)13(21)9-20-11-5-1-2-6-12(11)23-14(20)22/h1-2,5-6,10H,3-4,7-9H2. The molecular weight excluding hydrogens is 329 g/mol. The van der Waals surface area contributed by atoms with Gasteiger partial charge in [0.15, 0.2) is 0 Å². The molecule has 0 saturated carbocycles. The van der Waals surface area contributed by atoms with Gasteiger partial charge in [-0.3, -0.25) is 14.2 Å². The largest absolute Gasteiger partial charge is 0.393 e. The monoisotopic (exact) mass is 344 g/mol. The van der Waals surface area contributed by atoms with Gasteiger partial charge in [-0.15, -0.1) is 0 Å². The number of amides is 1. The summed E-state index contributed by atoms with van der Waals surface area (Å²) in [5.41, 5.74) is 0.639. The number of carbonyl (C=O) groups excluding carboxylic acids is 1. The Bertz CT molecular complexity index is 781. The molecule has 3 rings (SSSR count). The molecule has 1 aromatic heterocycles. The van der Waals surface area contributed by atoms with Gasteiger partial charge in [-0.25, -0.2) is 0 Å². The molecule has 0 bridgehead atoms. The predicted molar refractivity (Wildman–Crippen MR) is 81.4 cm³/mol. The second kappa shape index (κ2) is 5.99. The molecule has 2 heterocycles. The zero-order chi connectivity index (χ0) is 16.6. The maximum Gasteiger partial charge on any atom is 0.393 e. The topological polar surface area (TPSA) is 42.3 Å². The highest BCUT2D eigenvalue weighted by Crippen LogP contribution is 2.33. The molecule has 1 aliphatic rings. The number of aromatic nitrogens is 1. The van der Waals surface area contributed by atoms with Crippen molar-refractivity contribution in [2.45, 2.75) is 25.6 Å². The van der Waals surface area contributed by atoms with E-state index >= 15 is 0 Å². The smallest absolute Gasteiger partial charge is 0.341 e. The number of thiazole rings is 1. The van der Waals surface area contributed by atoms with Crippen molar-refractivity contribution in [3.05, 3.63) is 33.9 Å². The Morgan fingerprint density at radius 1 is 1.30 bits per heavy atom. The molecule has 1 aliphatic heterocycles. The number of fused-ring (bicyclic) bond motifs is 1. The van der Waals surface area contributed by atoms with E-state index < -0.39 is 18.0 Å². The Morgan fingerprint density at radius 3 is 2.78 bits per heavy atom. The first-order valence-corrected chi connectivity index (χ1v) is 8.11. The van der Waals surface area contributed by atoms with Crippen LogP contribution in [0.25, 0.3) is 10.2 Å². The predicted octanol–water partition coefficient (Wildman–Crippen LogP) is 2.86. The molecule has 2 aromatic rings. The Kier molecular flexibility index (Phi) is 4.18. The third-order valence-electron chi connectivity index (χ3n) is 4.10. The van der Waals surface area contributed by atoms with E-state index in [1.807, 2.05) is 0 Å². The molecule has 0 spiro atoms. The average molecular weight is 344 g/mol. The van der Waals surface area contributed by atoms with Crippen LogP contribution in [0, 0.1) is 5.92 Å². The molecule has 124 valence electrons. The van der Waals surface area contributed by atoms with Crippen LogP contribution in [-0.2, 0) is 11.3 Å². The number of benzene rings is 1. The van der Waals surface area contributed by atoms with Gasteiger partial charge in [-0.1, -0.05) is 23.5 Å². The van der Waals surface area contributed by atoms with Crippen LogP contribution in [-0.4, -0.2) is 34.6 Å². The van der Waals surface area contributed by atoms with Crippen molar-refractivity contribution >= 4 is 27.5 Å². The fourth-order valence-electron chi connectivity index (χ4n) is 2.87. The number of halogens is 3. The molecule has 0 aliphatic carbocycles. The van der Waals surface area contributed by atoms with Crippen LogP contribution in [0.15, 0.2) is 29.1 Å². The fourth-order valence-corrected chi connectivity index (χ4v) is 3.76. The Morgan fingerprint density at radius 2 is 2.04 bits per heavy atom. The van der Waals surface area contributed by atoms with Gasteiger partial charge in [0.2, 0.25) is 5.91 Å². The average Bonchev–Trinajstić information content (AvgIpc) is 2.83. The van der Waals surface area contributed by atoms with Gasteiger partial charge in [0.1, 0.15) is 6.54 Å². The van der Waals surface area contributed by atoms with E-state index in [1.165, 1.54) is 9.47 Å². The number of para-hydroxylation sites is 1. The van der Waals surface area contributed by atoms with E-state index in [0.717, 1.165) is 16.0 Å². The van der Waals surface area contributed by atoms with Gasteiger partial charge in [-0.05, 0) is 25.0 Å². The highest BCUT2D eigenvalue weighted by atomic mass is 32.1. The van der Waals surface area contributed by atoms with Gasteiger partial charge in [0, 0.05) is 13.1 Å². The first kappa shape index (κ1) is 16.0. The Labute approximate surface area is 134 Å². The molecule has 4 nitrogen and oxygen atoms in total. The van der Waals surface area contributed by atoms with Crippen molar-refractivity contribution in [2.24, 2.45) is 5.92 Å². The zero-order valence-corrected chi connectivity index (χ0v) is 13.0. The number of alkyl halides is 3. The summed E-state index contributed by atoms with van der Waals surface area (Å²) in [6.45, 7) is -0.227. The van der Waals surface area contributed by atoms with Crippen molar-refractivity contribution in [2.75, 3.05) is 13.1 Å². The molecule has 1 amide bonds.